The minimum absolute atomic E-state index is 0.0497. The fourth-order valence-corrected chi connectivity index (χ4v) is 3.66. The van der Waals surface area contributed by atoms with Crippen LogP contribution in [0.5, 0.6) is 0 Å². The second kappa shape index (κ2) is 4.80. The number of rotatable bonds is 2. The molecule has 0 bridgehead atoms. The van der Waals surface area contributed by atoms with E-state index in [4.69, 9.17) is 4.52 Å². The first-order chi connectivity index (χ1) is 11.7. The molecule has 3 aromatic heterocycles. The molecule has 0 radical (unpaired) electrons. The van der Waals surface area contributed by atoms with E-state index < -0.39 is 0 Å². The van der Waals surface area contributed by atoms with Gasteiger partial charge in [-0.15, -0.1) is 0 Å². The van der Waals surface area contributed by atoms with E-state index in [1.54, 1.807) is 12.3 Å². The Balaban J connectivity index is 1.64. The van der Waals surface area contributed by atoms with Gasteiger partial charge in [-0.1, -0.05) is 5.16 Å². The second-order valence-electron chi connectivity index (χ2n) is 6.21. The number of nitrogens with one attached hydrogen (secondary N) is 1. The van der Waals surface area contributed by atoms with Gasteiger partial charge in [0.25, 0.3) is 5.89 Å². The summed E-state index contributed by atoms with van der Waals surface area (Å²) in [5.41, 5.74) is 3.27. The maximum Gasteiger partial charge on any atom is 0.263 e. The van der Waals surface area contributed by atoms with Crippen molar-refractivity contribution >= 4 is 5.82 Å². The van der Waals surface area contributed by atoms with Gasteiger partial charge in [0.2, 0.25) is 5.82 Å². The van der Waals surface area contributed by atoms with Gasteiger partial charge in [-0.2, -0.15) is 10.1 Å². The van der Waals surface area contributed by atoms with Crippen LogP contribution in [-0.2, 0) is 19.5 Å². The summed E-state index contributed by atoms with van der Waals surface area (Å²) in [7, 11) is 0. The number of anilines is 1. The van der Waals surface area contributed by atoms with Crippen LogP contribution in [0, 0.1) is 6.92 Å². The molecule has 0 saturated heterocycles. The van der Waals surface area contributed by atoms with Crippen molar-refractivity contribution in [3.05, 3.63) is 33.9 Å². The van der Waals surface area contributed by atoms with Crippen LogP contribution in [0.4, 0.5) is 5.82 Å². The lowest BCUT2D eigenvalue weighted by atomic mass is 10.1. The van der Waals surface area contributed by atoms with E-state index in [2.05, 4.69) is 25.1 Å². The van der Waals surface area contributed by atoms with Gasteiger partial charge in [0.1, 0.15) is 11.4 Å². The second-order valence-corrected chi connectivity index (χ2v) is 6.21. The molecule has 24 heavy (non-hydrogen) atoms. The number of aryl methyl sites for hydroxylation is 1. The number of hydrogen-bond acceptors (Lipinski definition) is 6. The average Bonchev–Trinajstić information content (AvgIpc) is 3.31. The monoisotopic (exact) mass is 324 g/mol. The zero-order valence-corrected chi connectivity index (χ0v) is 13.2. The van der Waals surface area contributed by atoms with E-state index in [0.29, 0.717) is 17.3 Å². The van der Waals surface area contributed by atoms with Crippen LogP contribution in [0.25, 0.3) is 22.8 Å². The van der Waals surface area contributed by atoms with Gasteiger partial charge in [0.15, 0.2) is 5.43 Å². The van der Waals surface area contributed by atoms with Crippen LogP contribution < -0.4 is 10.7 Å². The van der Waals surface area contributed by atoms with Crippen LogP contribution in [0.1, 0.15) is 17.8 Å². The maximum atomic E-state index is 12.5. The van der Waals surface area contributed by atoms with Crippen molar-refractivity contribution in [2.45, 2.75) is 32.9 Å². The highest BCUT2D eigenvalue weighted by atomic mass is 16.5. The maximum absolute atomic E-state index is 12.5. The van der Waals surface area contributed by atoms with Crippen LogP contribution in [0.15, 0.2) is 21.6 Å². The number of fused-ring (bicyclic) bond motifs is 2. The molecular formula is C16H16N6O2. The fraction of sp³-hybridized carbons (Fsp3) is 0.375. The summed E-state index contributed by atoms with van der Waals surface area (Å²) in [5.74, 6) is 1.63. The first kappa shape index (κ1) is 13.5. The van der Waals surface area contributed by atoms with E-state index >= 15 is 0 Å². The van der Waals surface area contributed by atoms with Gasteiger partial charge in [-0.05, 0) is 19.8 Å². The number of aromatic nitrogens is 5. The Morgan fingerprint density at radius 2 is 2.25 bits per heavy atom. The summed E-state index contributed by atoms with van der Waals surface area (Å²) in [6.07, 6.45) is 3.61. The Morgan fingerprint density at radius 3 is 3.17 bits per heavy atom. The van der Waals surface area contributed by atoms with Crippen molar-refractivity contribution in [1.29, 1.82) is 0 Å². The summed E-state index contributed by atoms with van der Waals surface area (Å²) in [6.45, 7) is 4.55. The Morgan fingerprint density at radius 1 is 1.33 bits per heavy atom. The van der Waals surface area contributed by atoms with Crippen LogP contribution in [0.3, 0.4) is 0 Å². The molecule has 2 aliphatic rings. The lowest BCUT2D eigenvalue weighted by Crippen LogP contribution is -2.15. The minimum Gasteiger partial charge on any atom is -0.368 e. The predicted octanol–water partition coefficient (Wildman–Crippen LogP) is 1.44. The minimum atomic E-state index is -0.0497. The van der Waals surface area contributed by atoms with Crippen molar-refractivity contribution in [2.24, 2.45) is 0 Å². The van der Waals surface area contributed by atoms with Gasteiger partial charge in [-0.3, -0.25) is 4.79 Å². The molecule has 0 aliphatic carbocycles. The normalized spacial score (nSPS) is 15.4. The van der Waals surface area contributed by atoms with Crippen molar-refractivity contribution in [3.63, 3.8) is 0 Å². The van der Waals surface area contributed by atoms with Gasteiger partial charge >= 0.3 is 0 Å². The SMILES string of the molecule is Cc1cc(=O)c(-c2noc(-c3cnn4c3NCC4)n2)c2n1CCC2. The van der Waals surface area contributed by atoms with Gasteiger partial charge in [0.05, 0.1) is 18.3 Å². The highest BCUT2D eigenvalue weighted by Crippen LogP contribution is 2.31. The summed E-state index contributed by atoms with van der Waals surface area (Å²) in [5, 5.41) is 11.6. The highest BCUT2D eigenvalue weighted by molar-refractivity contribution is 5.71. The Bertz CT molecular complexity index is 1010. The van der Waals surface area contributed by atoms with Crippen LogP contribution in [0.2, 0.25) is 0 Å². The fourth-order valence-electron chi connectivity index (χ4n) is 3.66. The Labute approximate surface area is 137 Å². The third kappa shape index (κ3) is 1.79. The molecule has 0 saturated carbocycles. The summed E-state index contributed by atoms with van der Waals surface area (Å²) >= 11 is 0. The third-order valence-corrected chi connectivity index (χ3v) is 4.76. The van der Waals surface area contributed by atoms with Crippen LogP contribution >= 0.6 is 0 Å². The quantitative estimate of drug-likeness (QED) is 0.767. The molecule has 8 heteroatoms. The van der Waals surface area contributed by atoms with E-state index in [9.17, 15) is 4.79 Å². The zero-order valence-electron chi connectivity index (χ0n) is 13.2. The molecular weight excluding hydrogens is 308 g/mol. The van der Waals surface area contributed by atoms with Crippen LogP contribution in [-0.4, -0.2) is 31.0 Å². The van der Waals surface area contributed by atoms with E-state index in [1.807, 2.05) is 11.6 Å². The van der Waals surface area contributed by atoms with Gasteiger partial charge < -0.3 is 14.4 Å². The Hall–Kier alpha value is -2.90. The van der Waals surface area contributed by atoms with Crippen molar-refractivity contribution in [2.75, 3.05) is 11.9 Å². The van der Waals surface area contributed by atoms with E-state index in [0.717, 1.165) is 55.2 Å². The summed E-state index contributed by atoms with van der Waals surface area (Å²) in [6, 6.07) is 1.65. The molecule has 0 amide bonds. The number of nitrogens with zero attached hydrogens (tertiary/aromatic N) is 5. The van der Waals surface area contributed by atoms with Crippen molar-refractivity contribution < 1.29 is 4.52 Å². The molecule has 0 unspecified atom stereocenters. The molecule has 8 nitrogen and oxygen atoms in total. The topological polar surface area (TPSA) is 90.8 Å². The largest absolute Gasteiger partial charge is 0.368 e. The molecule has 3 aromatic rings. The molecule has 122 valence electrons. The number of hydrogen-bond donors (Lipinski definition) is 1. The highest BCUT2D eigenvalue weighted by Gasteiger charge is 2.25. The average molecular weight is 324 g/mol. The summed E-state index contributed by atoms with van der Waals surface area (Å²) in [4.78, 5) is 17.0. The van der Waals surface area contributed by atoms with Crippen molar-refractivity contribution in [1.82, 2.24) is 24.5 Å². The molecule has 0 spiro atoms. The van der Waals surface area contributed by atoms with Crippen molar-refractivity contribution in [3.8, 4) is 22.8 Å². The molecule has 5 heterocycles. The lowest BCUT2D eigenvalue weighted by Gasteiger charge is -2.10. The first-order valence-electron chi connectivity index (χ1n) is 8.10. The Kier molecular flexibility index (Phi) is 2.70. The van der Waals surface area contributed by atoms with Gasteiger partial charge in [0, 0.05) is 30.5 Å². The smallest absolute Gasteiger partial charge is 0.263 e. The molecule has 2 aliphatic heterocycles. The molecule has 0 aromatic carbocycles. The molecule has 0 fully saturated rings. The molecule has 5 rings (SSSR count). The molecule has 1 N–H and O–H groups in total. The third-order valence-electron chi connectivity index (χ3n) is 4.76. The first-order valence-corrected chi connectivity index (χ1v) is 8.10. The predicted molar refractivity (Wildman–Crippen MR) is 86.8 cm³/mol. The summed E-state index contributed by atoms with van der Waals surface area (Å²) < 4.78 is 9.48. The standard InChI is InChI=1S/C16H16N6O2/c1-9-7-12(23)13(11-3-2-5-21(9)11)14-19-16(24-20-14)10-8-18-22-6-4-17-15(10)22/h7-8,17H,2-6H2,1H3. The van der Waals surface area contributed by atoms with E-state index in [1.165, 1.54) is 0 Å². The lowest BCUT2D eigenvalue weighted by molar-refractivity contribution is 0.432. The number of pyridine rings is 1. The zero-order chi connectivity index (χ0) is 16.3. The molecule has 0 atom stereocenters. The van der Waals surface area contributed by atoms with E-state index in [-0.39, 0.29) is 5.43 Å². The van der Waals surface area contributed by atoms with Gasteiger partial charge in [-0.25, -0.2) is 4.68 Å².